The first-order valence-electron chi connectivity index (χ1n) is 27.4. The van der Waals surface area contributed by atoms with Crippen LogP contribution in [-0.2, 0) is 47.5 Å². The molecule has 0 aromatic carbocycles. The van der Waals surface area contributed by atoms with E-state index < -0.39 is 152 Å². The molecule has 21 nitrogen and oxygen atoms in total. The van der Waals surface area contributed by atoms with Gasteiger partial charge in [0.2, 0.25) is 6.29 Å². The molecule has 9 rings (SSSR count). The number of carboxylic acid groups (broad SMARTS) is 1. The molecule has 4 aliphatic heterocycles. The van der Waals surface area contributed by atoms with Crippen molar-refractivity contribution in [3.63, 3.8) is 0 Å². The molecule has 21 heteroatoms. The number of aliphatic hydroxyl groups is 10. The SMILES string of the molecule is C=C(C)[C@@H]1CC[C@]2(C(=O)O[C@@H]3O[C@@H](C)[C@H](O)[C@@H](O)[C@H]3O)CC[C@]3(C)[C@H](CC[C@@H]4[C@@]5(C)CCC(O[C@H]6O[C@H](C(=O)O)[C@@H](O)[C@H](O[C@@H]7O[C@@H](C)[C@H](O)[C@@H](O)[C@H]7O)[C@H]6O[C@@H]6O[C@@H](C)[C@H](O)[C@@H](O)[C@H]6O)C(C)(C)[C@@H]5CC[C@]43C)[C@@H]12. The highest BCUT2D eigenvalue weighted by Gasteiger charge is 2.73. The van der Waals surface area contributed by atoms with Crippen LogP contribution in [0.4, 0.5) is 0 Å². The highest BCUT2D eigenvalue weighted by Crippen LogP contribution is 2.78. The minimum Gasteiger partial charge on any atom is -0.479 e. The molecule has 0 aromatic rings. The molecule has 30 atom stereocenters. The fraction of sp³-hybridized carbons (Fsp3) is 0.926. The Balaban J connectivity index is 0.986. The van der Waals surface area contributed by atoms with E-state index in [9.17, 15) is 65.8 Å². The van der Waals surface area contributed by atoms with Gasteiger partial charge in [-0.05, 0) is 143 Å². The van der Waals surface area contributed by atoms with Gasteiger partial charge in [0.15, 0.2) is 25.0 Å². The van der Waals surface area contributed by atoms with Crippen molar-refractivity contribution in [3.05, 3.63) is 12.2 Å². The van der Waals surface area contributed by atoms with Crippen molar-refractivity contribution in [2.75, 3.05) is 0 Å². The third-order valence-corrected chi connectivity index (χ3v) is 21.7. The molecule has 9 fully saturated rings. The third kappa shape index (κ3) is 9.09. The number of carbonyl (C=O) groups excluding carboxylic acids is 1. The number of hydrogen-bond acceptors (Lipinski definition) is 20. The van der Waals surface area contributed by atoms with Crippen LogP contribution in [0.5, 0.6) is 0 Å². The van der Waals surface area contributed by atoms with Gasteiger partial charge in [-0.1, -0.05) is 46.8 Å². The number of carboxylic acids is 1. The fourth-order valence-electron chi connectivity index (χ4n) is 17.2. The Kier molecular flexibility index (Phi) is 15.8. The van der Waals surface area contributed by atoms with Gasteiger partial charge in [-0.25, -0.2) is 4.79 Å². The van der Waals surface area contributed by atoms with Crippen molar-refractivity contribution in [1.82, 2.24) is 0 Å². The van der Waals surface area contributed by atoms with Crippen LogP contribution < -0.4 is 0 Å². The first kappa shape index (κ1) is 57.7. The van der Waals surface area contributed by atoms with Crippen LogP contribution in [0.3, 0.4) is 0 Å². The topological polar surface area (TPSA) is 331 Å². The maximum atomic E-state index is 14.8. The lowest BCUT2D eigenvalue weighted by atomic mass is 9.32. The van der Waals surface area contributed by atoms with E-state index in [1.807, 2.05) is 6.92 Å². The van der Waals surface area contributed by atoms with Crippen LogP contribution in [0, 0.1) is 56.7 Å². The summed E-state index contributed by atoms with van der Waals surface area (Å²) in [6.45, 7) is 22.4. The van der Waals surface area contributed by atoms with Gasteiger partial charge in [-0.3, -0.25) is 4.79 Å². The van der Waals surface area contributed by atoms with E-state index in [1.54, 1.807) is 6.92 Å². The molecule has 0 radical (unpaired) electrons. The standard InChI is InChI=1S/C54H86O21/c1-21(2)25-13-18-54(49(67)75-47-39(63)36(60)33(57)24(5)70-47)20-19-52(9)26(30(25)54)11-12-28-51(8)16-15-29(50(6,7)27(51)14-17-53(28,52)10)71-48-43(74-46-38(62)35(59)32(56)23(4)69-46)41(40(64)42(73-48)44(65)66)72-45-37(61)34(58)31(55)22(3)68-45/h22-43,45-48,55-64H,1,11-20H2,2-10H3,(H,65,66)/t22-,23-,24-,25-,26+,27-,28+,29?,30+,31-,32-,33-,34+,35+,36+,37+,38+,39+,40-,41-,42-,43+,45-,46-,47-,48-,51-,52+,53+,54-/m0/s1. The molecule has 75 heavy (non-hydrogen) atoms. The maximum absolute atomic E-state index is 14.8. The summed E-state index contributed by atoms with van der Waals surface area (Å²) in [4.78, 5) is 27.6. The highest BCUT2D eigenvalue weighted by atomic mass is 16.8. The summed E-state index contributed by atoms with van der Waals surface area (Å²) in [7, 11) is 0. The van der Waals surface area contributed by atoms with Gasteiger partial charge >= 0.3 is 11.9 Å². The van der Waals surface area contributed by atoms with Gasteiger partial charge in [-0.2, -0.15) is 0 Å². The van der Waals surface area contributed by atoms with Crippen LogP contribution >= 0.6 is 0 Å². The molecule has 428 valence electrons. The largest absolute Gasteiger partial charge is 0.479 e. The summed E-state index contributed by atoms with van der Waals surface area (Å²) in [5.41, 5.74) is -1.08. The molecule has 5 saturated carbocycles. The summed E-state index contributed by atoms with van der Waals surface area (Å²) in [5, 5.41) is 119. The van der Waals surface area contributed by atoms with Crippen molar-refractivity contribution < 1.29 is 104 Å². The Morgan fingerprint density at radius 2 is 1.05 bits per heavy atom. The Morgan fingerprint density at radius 3 is 1.60 bits per heavy atom. The Hall–Kier alpha value is -2.00. The normalized spacial score (nSPS) is 55.6. The van der Waals surface area contributed by atoms with Crippen LogP contribution in [0.2, 0.25) is 0 Å². The predicted molar refractivity (Wildman–Crippen MR) is 259 cm³/mol. The quantitative estimate of drug-likeness (QED) is 0.0826. The number of rotatable bonds is 10. The minimum atomic E-state index is -2.04. The van der Waals surface area contributed by atoms with Gasteiger partial charge in [0, 0.05) is 0 Å². The molecule has 9 aliphatic rings. The molecule has 0 aromatic heterocycles. The summed E-state index contributed by atoms with van der Waals surface area (Å²) in [5.74, 6) is -1.63. The van der Waals surface area contributed by atoms with E-state index in [4.69, 9.17) is 37.9 Å². The number of carbonyl (C=O) groups is 2. The smallest absolute Gasteiger partial charge is 0.335 e. The molecule has 0 amide bonds. The lowest BCUT2D eigenvalue weighted by molar-refractivity contribution is -0.394. The summed E-state index contributed by atoms with van der Waals surface area (Å²) in [6, 6.07) is 0. The second-order valence-corrected chi connectivity index (χ2v) is 25.7. The van der Waals surface area contributed by atoms with E-state index in [0.29, 0.717) is 25.7 Å². The van der Waals surface area contributed by atoms with Crippen molar-refractivity contribution in [3.8, 4) is 0 Å². The van der Waals surface area contributed by atoms with Crippen molar-refractivity contribution in [1.29, 1.82) is 0 Å². The lowest BCUT2D eigenvalue weighted by Crippen LogP contribution is -2.69. The second-order valence-electron chi connectivity index (χ2n) is 25.7. The number of aliphatic hydroxyl groups excluding tert-OH is 10. The van der Waals surface area contributed by atoms with Gasteiger partial charge in [0.05, 0.1) is 29.8 Å². The van der Waals surface area contributed by atoms with Crippen molar-refractivity contribution >= 4 is 11.9 Å². The Bertz CT molecular complexity index is 2110. The average molecular weight is 1070 g/mol. The van der Waals surface area contributed by atoms with E-state index in [1.165, 1.54) is 13.8 Å². The molecule has 0 bridgehead atoms. The number of esters is 1. The predicted octanol–water partition coefficient (Wildman–Crippen LogP) is 0.996. The van der Waals surface area contributed by atoms with E-state index >= 15 is 0 Å². The molecule has 4 heterocycles. The molecule has 1 unspecified atom stereocenters. The van der Waals surface area contributed by atoms with Crippen LogP contribution in [0.25, 0.3) is 0 Å². The van der Waals surface area contributed by atoms with Gasteiger partial charge in [0.25, 0.3) is 0 Å². The zero-order valence-electron chi connectivity index (χ0n) is 44.8. The number of hydrogen-bond donors (Lipinski definition) is 11. The molecular weight excluding hydrogens is 985 g/mol. The zero-order valence-corrected chi connectivity index (χ0v) is 44.8. The van der Waals surface area contributed by atoms with Gasteiger partial charge < -0.3 is 94.1 Å². The molecule has 5 aliphatic carbocycles. The lowest BCUT2D eigenvalue weighted by Gasteiger charge is -2.73. The minimum absolute atomic E-state index is 0.0577. The Labute approximate surface area is 438 Å². The summed E-state index contributed by atoms with van der Waals surface area (Å²) >= 11 is 0. The van der Waals surface area contributed by atoms with E-state index in [2.05, 4.69) is 41.2 Å². The van der Waals surface area contributed by atoms with Gasteiger partial charge in [0.1, 0.15) is 73.2 Å². The van der Waals surface area contributed by atoms with Gasteiger partial charge in [-0.15, -0.1) is 0 Å². The molecule has 0 spiro atoms. The summed E-state index contributed by atoms with van der Waals surface area (Å²) < 4.78 is 48.9. The average Bonchev–Trinajstić information content (AvgIpc) is 3.76. The van der Waals surface area contributed by atoms with E-state index in [0.717, 1.165) is 44.1 Å². The Morgan fingerprint density at radius 1 is 0.520 bits per heavy atom. The van der Waals surface area contributed by atoms with Crippen molar-refractivity contribution in [2.24, 2.45) is 56.7 Å². The third-order valence-electron chi connectivity index (χ3n) is 21.7. The summed E-state index contributed by atoms with van der Waals surface area (Å²) in [6.07, 6.45) is -25.1. The van der Waals surface area contributed by atoms with Crippen LogP contribution in [-0.4, -0.2) is 197 Å². The molecular formula is C54H86O21. The van der Waals surface area contributed by atoms with Crippen LogP contribution in [0.15, 0.2) is 12.2 Å². The zero-order chi connectivity index (χ0) is 55.0. The van der Waals surface area contributed by atoms with Crippen molar-refractivity contribution in [2.45, 2.75) is 255 Å². The number of aliphatic carboxylic acids is 1. The van der Waals surface area contributed by atoms with E-state index in [-0.39, 0.29) is 45.8 Å². The first-order chi connectivity index (χ1) is 35.0. The number of fused-ring (bicyclic) bond motifs is 7. The monoisotopic (exact) mass is 1070 g/mol. The number of allylic oxidation sites excluding steroid dienone is 1. The first-order valence-corrected chi connectivity index (χ1v) is 27.4. The molecule has 4 saturated heterocycles. The fourth-order valence-corrected chi connectivity index (χ4v) is 17.2. The molecule has 11 N–H and O–H groups in total. The number of ether oxygens (including phenoxy) is 8. The maximum Gasteiger partial charge on any atom is 0.335 e. The van der Waals surface area contributed by atoms with Crippen LogP contribution in [0.1, 0.15) is 127 Å². The second kappa shape index (κ2) is 20.5. The highest BCUT2D eigenvalue weighted by molar-refractivity contribution is 5.78.